The van der Waals surface area contributed by atoms with E-state index in [1.165, 1.54) is 0 Å². The van der Waals surface area contributed by atoms with Crippen LogP contribution in [-0.4, -0.2) is 28.5 Å². The van der Waals surface area contributed by atoms with Crippen molar-refractivity contribution < 1.29 is 27.3 Å². The molecular weight excluding hydrogens is 122 g/mol. The summed E-state index contributed by atoms with van der Waals surface area (Å²) in [6.07, 6.45) is 0. The molecule has 0 atom stereocenters. The van der Waals surface area contributed by atoms with Crippen molar-refractivity contribution in [3.63, 3.8) is 0 Å². The average Bonchev–Trinajstić information content (AvgIpc) is 1.00. The minimum atomic E-state index is 0. The Hall–Kier alpha value is 1.15. The van der Waals surface area contributed by atoms with Gasteiger partial charge in [-0.1, -0.05) is 0 Å². The Bertz CT molecular complexity index is 6.00. The van der Waals surface area contributed by atoms with Crippen LogP contribution in [0.3, 0.4) is 0 Å². The van der Waals surface area contributed by atoms with Crippen LogP contribution in [-0.2, 0) is 21.8 Å². The van der Waals surface area contributed by atoms with Gasteiger partial charge in [0, 0.05) is 0 Å². The van der Waals surface area contributed by atoms with E-state index in [4.69, 9.17) is 3.57 Å². The van der Waals surface area contributed by atoms with Gasteiger partial charge in [0.1, 0.15) is 0 Å². The molecule has 0 bridgehead atoms. The van der Waals surface area contributed by atoms with Gasteiger partial charge >= 0.3 is 44.9 Å². The molecule has 0 saturated heterocycles. The fraction of sp³-hybridized carbons (Fsp3) is 0. The summed E-state index contributed by atoms with van der Waals surface area (Å²) in [5.74, 6) is 0. The van der Waals surface area contributed by atoms with Crippen LogP contribution in [0.4, 0.5) is 0 Å². The van der Waals surface area contributed by atoms with Gasteiger partial charge in [-0.3, -0.25) is 0 Å². The van der Waals surface area contributed by atoms with Gasteiger partial charge in [0.2, 0.25) is 0 Å². The SMILES string of the molecule is O.[MgH2].[O]=[Zn]. The molecule has 0 saturated carbocycles. The van der Waals surface area contributed by atoms with E-state index < -0.39 is 0 Å². The normalized spacial score (nSPS) is 1.50. The second kappa shape index (κ2) is 31.1. The summed E-state index contributed by atoms with van der Waals surface area (Å²) in [6, 6.07) is 0. The van der Waals surface area contributed by atoms with E-state index in [0.717, 1.165) is 0 Å². The molecular formula is H4MgO2Zn. The molecule has 0 fully saturated rings. The van der Waals surface area contributed by atoms with Crippen molar-refractivity contribution >= 4 is 23.1 Å². The van der Waals surface area contributed by atoms with Gasteiger partial charge in [0.25, 0.3) is 0 Å². The van der Waals surface area contributed by atoms with Crippen molar-refractivity contribution in [2.24, 2.45) is 0 Å². The molecule has 0 aliphatic heterocycles. The molecule has 4 heavy (non-hydrogen) atoms. The van der Waals surface area contributed by atoms with Crippen molar-refractivity contribution in [1.82, 2.24) is 0 Å². The van der Waals surface area contributed by atoms with E-state index in [-0.39, 0.29) is 46.8 Å². The zero-order chi connectivity index (χ0) is 2.00. The van der Waals surface area contributed by atoms with Gasteiger partial charge in [-0.15, -0.1) is 0 Å². The van der Waals surface area contributed by atoms with Crippen LogP contribution >= 0.6 is 0 Å². The van der Waals surface area contributed by atoms with E-state index in [9.17, 15) is 0 Å². The van der Waals surface area contributed by atoms with Crippen LogP contribution in [0.15, 0.2) is 0 Å². The molecule has 20 valence electrons. The Morgan fingerprint density at radius 1 is 1.25 bits per heavy atom. The molecule has 0 unspecified atom stereocenters. The van der Waals surface area contributed by atoms with Crippen molar-refractivity contribution in [1.29, 1.82) is 0 Å². The summed E-state index contributed by atoms with van der Waals surface area (Å²) >= 11 is 0.125. The standard InChI is InChI=1S/Mg.H2O.O.Zn.2H/h;1H2;;;;. The first-order chi connectivity index (χ1) is 1.00. The van der Waals surface area contributed by atoms with Gasteiger partial charge in [0.15, 0.2) is 0 Å². The third-order valence-corrected chi connectivity index (χ3v) is 0. The number of rotatable bonds is 0. The molecule has 0 aliphatic carbocycles. The molecule has 0 aromatic carbocycles. The summed E-state index contributed by atoms with van der Waals surface area (Å²) in [6.45, 7) is 0. The average molecular weight is 126 g/mol. The quantitative estimate of drug-likeness (QED) is 0.351. The predicted octanol–water partition coefficient (Wildman–Crippen LogP) is -1.86. The van der Waals surface area contributed by atoms with E-state index in [2.05, 4.69) is 0 Å². The molecule has 0 spiro atoms. The maximum absolute atomic E-state index is 8.38. The first-order valence-electron chi connectivity index (χ1n) is 0.289. The molecule has 0 aromatic rings. The zero-order valence-electron chi connectivity index (χ0n) is 1.62. The van der Waals surface area contributed by atoms with E-state index in [0.29, 0.717) is 0 Å². The molecule has 0 aliphatic rings. The Labute approximate surface area is 50.4 Å². The fourth-order valence-corrected chi connectivity index (χ4v) is 0. The second-order valence-electron chi connectivity index (χ2n) is 0. The van der Waals surface area contributed by atoms with Crippen molar-refractivity contribution in [2.45, 2.75) is 0 Å². The summed E-state index contributed by atoms with van der Waals surface area (Å²) in [7, 11) is 0. The maximum atomic E-state index is 8.38. The van der Waals surface area contributed by atoms with Crippen molar-refractivity contribution in [2.75, 3.05) is 0 Å². The van der Waals surface area contributed by atoms with Gasteiger partial charge in [-0.25, -0.2) is 0 Å². The molecule has 4 heteroatoms. The summed E-state index contributed by atoms with van der Waals surface area (Å²) < 4.78 is 8.38. The van der Waals surface area contributed by atoms with Crippen LogP contribution in [0.5, 0.6) is 0 Å². The van der Waals surface area contributed by atoms with E-state index in [1.54, 1.807) is 0 Å². The topological polar surface area (TPSA) is 48.6 Å². The fourth-order valence-electron chi connectivity index (χ4n) is 0. The summed E-state index contributed by atoms with van der Waals surface area (Å²) in [5.41, 5.74) is 0. The van der Waals surface area contributed by atoms with E-state index >= 15 is 0 Å². The van der Waals surface area contributed by atoms with Gasteiger partial charge in [-0.2, -0.15) is 0 Å². The number of hydrogen-bond donors (Lipinski definition) is 0. The van der Waals surface area contributed by atoms with Crippen LogP contribution in [0, 0.1) is 0 Å². The minimum absolute atomic E-state index is 0. The van der Waals surface area contributed by atoms with Gasteiger partial charge < -0.3 is 5.48 Å². The molecule has 0 rings (SSSR count). The molecule has 2 N–H and O–H groups in total. The van der Waals surface area contributed by atoms with Crippen LogP contribution in [0.1, 0.15) is 0 Å². The predicted molar refractivity (Wildman–Crippen MR) is 12.8 cm³/mol. The first kappa shape index (κ1) is 19.2. The Kier molecular flexibility index (Phi) is 149. The van der Waals surface area contributed by atoms with Crippen LogP contribution in [0.2, 0.25) is 0 Å². The van der Waals surface area contributed by atoms with Gasteiger partial charge in [-0.05, 0) is 0 Å². The van der Waals surface area contributed by atoms with Crippen LogP contribution in [0.25, 0.3) is 0 Å². The van der Waals surface area contributed by atoms with Gasteiger partial charge in [0.05, 0.1) is 0 Å². The molecule has 0 heterocycles. The number of hydrogen-bond acceptors (Lipinski definition) is 1. The van der Waals surface area contributed by atoms with Crippen LogP contribution < -0.4 is 0 Å². The Morgan fingerprint density at radius 2 is 1.25 bits per heavy atom. The molecule has 0 amide bonds. The first-order valence-corrected chi connectivity index (χ1v) is 1.50. The third-order valence-electron chi connectivity index (χ3n) is 0. The third kappa shape index (κ3) is 11.0. The van der Waals surface area contributed by atoms with Crippen molar-refractivity contribution in [3.05, 3.63) is 0 Å². The van der Waals surface area contributed by atoms with E-state index in [1.807, 2.05) is 0 Å². The Morgan fingerprint density at radius 3 is 1.25 bits per heavy atom. The molecule has 2 nitrogen and oxygen atoms in total. The van der Waals surface area contributed by atoms with Crippen molar-refractivity contribution in [3.8, 4) is 0 Å². The molecule has 0 aromatic heterocycles. The summed E-state index contributed by atoms with van der Waals surface area (Å²) in [4.78, 5) is 0. The second-order valence-corrected chi connectivity index (χ2v) is 0. The molecule has 0 radical (unpaired) electrons. The summed E-state index contributed by atoms with van der Waals surface area (Å²) in [5, 5.41) is 0. The monoisotopic (exact) mass is 124 g/mol. The Balaban J connectivity index is -0.00000000500. The zero-order valence-corrected chi connectivity index (χ0v) is 4.58.